The number of fused-ring (bicyclic) bond motifs is 1. The first kappa shape index (κ1) is 13.6. The summed E-state index contributed by atoms with van der Waals surface area (Å²) >= 11 is 1.79. The Hall–Kier alpha value is -1.39. The summed E-state index contributed by atoms with van der Waals surface area (Å²) in [7, 11) is 0. The van der Waals surface area contributed by atoms with Crippen molar-refractivity contribution < 1.29 is 5.11 Å². The van der Waals surface area contributed by atoms with Crippen LogP contribution in [0.3, 0.4) is 0 Å². The predicted molar refractivity (Wildman–Crippen MR) is 82.1 cm³/mol. The number of thiazole rings is 1. The maximum atomic E-state index is 9.58. The molecule has 0 radical (unpaired) electrons. The molecule has 3 rings (SSSR count). The maximum absolute atomic E-state index is 9.58. The summed E-state index contributed by atoms with van der Waals surface area (Å²) < 4.78 is 0. The average molecular weight is 288 g/mol. The molecule has 0 saturated carbocycles. The number of benzene rings is 1. The van der Waals surface area contributed by atoms with Crippen LogP contribution in [-0.4, -0.2) is 10.1 Å². The van der Waals surface area contributed by atoms with E-state index in [1.807, 2.05) is 12.3 Å². The third-order valence-corrected chi connectivity index (χ3v) is 5.03. The van der Waals surface area contributed by atoms with Gasteiger partial charge in [0.1, 0.15) is 10.8 Å². The van der Waals surface area contributed by atoms with Crippen molar-refractivity contribution in [3.63, 3.8) is 0 Å². The smallest absolute Gasteiger partial charge is 0.115 e. The van der Waals surface area contributed by atoms with Crippen LogP contribution in [0.2, 0.25) is 0 Å². The van der Waals surface area contributed by atoms with E-state index in [9.17, 15) is 5.11 Å². The average Bonchev–Trinajstić information content (AvgIpc) is 2.92. The molecule has 0 amide bonds. The molecule has 106 valence electrons. The lowest BCUT2D eigenvalue weighted by molar-refractivity contribution is 0.449. The number of aryl methyl sites for hydroxylation is 2. The summed E-state index contributed by atoms with van der Waals surface area (Å²) in [4.78, 5) is 5.80. The highest BCUT2D eigenvalue weighted by atomic mass is 32.1. The zero-order valence-corrected chi connectivity index (χ0v) is 12.5. The van der Waals surface area contributed by atoms with Crippen molar-refractivity contribution in [3.05, 3.63) is 45.4 Å². The van der Waals surface area contributed by atoms with Gasteiger partial charge in [-0.3, -0.25) is 0 Å². The molecule has 20 heavy (non-hydrogen) atoms. The van der Waals surface area contributed by atoms with Gasteiger partial charge < -0.3 is 10.4 Å². The second-order valence-corrected chi connectivity index (χ2v) is 6.48. The van der Waals surface area contributed by atoms with Crippen LogP contribution >= 0.6 is 11.3 Å². The van der Waals surface area contributed by atoms with Crippen LogP contribution in [0.25, 0.3) is 0 Å². The number of aromatic hydroxyl groups is 1. The highest BCUT2D eigenvalue weighted by Gasteiger charge is 2.20. The molecule has 1 aromatic carbocycles. The van der Waals surface area contributed by atoms with Crippen LogP contribution in [0.15, 0.2) is 24.4 Å². The van der Waals surface area contributed by atoms with Crippen LogP contribution in [-0.2, 0) is 19.4 Å². The second-order valence-electron chi connectivity index (χ2n) is 5.28. The summed E-state index contributed by atoms with van der Waals surface area (Å²) in [5, 5.41) is 14.4. The van der Waals surface area contributed by atoms with Gasteiger partial charge in [0, 0.05) is 23.7 Å². The molecule has 1 heterocycles. The fraction of sp³-hybridized carbons (Fsp3) is 0.438. The zero-order chi connectivity index (χ0) is 13.9. The van der Waals surface area contributed by atoms with E-state index in [4.69, 9.17) is 0 Å². The van der Waals surface area contributed by atoms with Gasteiger partial charge in [0.15, 0.2) is 0 Å². The molecule has 0 fully saturated rings. The van der Waals surface area contributed by atoms with E-state index in [0.717, 1.165) is 30.8 Å². The van der Waals surface area contributed by atoms with E-state index >= 15 is 0 Å². The van der Waals surface area contributed by atoms with Crippen molar-refractivity contribution in [1.82, 2.24) is 10.3 Å². The minimum Gasteiger partial charge on any atom is -0.508 e. The number of rotatable bonds is 4. The first-order valence-corrected chi connectivity index (χ1v) is 8.06. The molecule has 2 aromatic rings. The lowest BCUT2D eigenvalue weighted by Crippen LogP contribution is -2.24. The van der Waals surface area contributed by atoms with Gasteiger partial charge in [0.25, 0.3) is 0 Å². The lowest BCUT2D eigenvalue weighted by atomic mass is 9.87. The first-order chi connectivity index (χ1) is 9.76. The van der Waals surface area contributed by atoms with E-state index in [1.165, 1.54) is 22.4 Å². The van der Waals surface area contributed by atoms with E-state index in [0.29, 0.717) is 11.8 Å². The van der Waals surface area contributed by atoms with Crippen molar-refractivity contribution in [2.75, 3.05) is 0 Å². The van der Waals surface area contributed by atoms with Crippen molar-refractivity contribution in [2.45, 2.75) is 45.2 Å². The van der Waals surface area contributed by atoms with Gasteiger partial charge in [0.05, 0.1) is 0 Å². The van der Waals surface area contributed by atoms with Crippen LogP contribution in [0.1, 0.15) is 46.8 Å². The molecule has 1 unspecified atom stereocenters. The highest BCUT2D eigenvalue weighted by molar-refractivity contribution is 7.11. The van der Waals surface area contributed by atoms with E-state index in [2.05, 4.69) is 23.3 Å². The van der Waals surface area contributed by atoms with Crippen LogP contribution in [0, 0.1) is 0 Å². The fourth-order valence-corrected chi connectivity index (χ4v) is 3.63. The molecule has 1 aliphatic carbocycles. The Labute approximate surface area is 123 Å². The second kappa shape index (κ2) is 5.94. The van der Waals surface area contributed by atoms with Gasteiger partial charge in [-0.2, -0.15) is 0 Å². The minimum absolute atomic E-state index is 0.372. The number of aromatic nitrogens is 1. The quantitative estimate of drug-likeness (QED) is 0.904. The standard InChI is InChI=1S/C16H20N2OS/c1-2-13-9-18-16(20-13)10-17-15-5-3-4-11-8-12(19)6-7-14(11)15/h6-9,15,17,19H,2-5,10H2,1H3. The van der Waals surface area contributed by atoms with Gasteiger partial charge in [-0.25, -0.2) is 4.98 Å². The van der Waals surface area contributed by atoms with Crippen molar-refractivity contribution >= 4 is 11.3 Å². The SMILES string of the molecule is CCc1cnc(CNC2CCCc3cc(O)ccc32)s1. The molecule has 0 aliphatic heterocycles. The number of nitrogens with one attached hydrogen (secondary N) is 1. The fourth-order valence-electron chi connectivity index (χ4n) is 2.82. The predicted octanol–water partition coefficient (Wildman–Crippen LogP) is 3.58. The number of phenols is 1. The van der Waals surface area contributed by atoms with Gasteiger partial charge in [-0.1, -0.05) is 13.0 Å². The Morgan fingerprint density at radius 2 is 2.35 bits per heavy atom. The number of nitrogens with zero attached hydrogens (tertiary/aromatic N) is 1. The summed E-state index contributed by atoms with van der Waals surface area (Å²) in [6.07, 6.45) is 6.44. The molecule has 1 aliphatic rings. The van der Waals surface area contributed by atoms with Gasteiger partial charge >= 0.3 is 0 Å². The van der Waals surface area contributed by atoms with Crippen LogP contribution in [0.5, 0.6) is 5.75 Å². The van der Waals surface area contributed by atoms with Gasteiger partial charge in [-0.05, 0) is 48.9 Å². The molecular formula is C16H20N2OS. The molecular weight excluding hydrogens is 268 g/mol. The van der Waals surface area contributed by atoms with Gasteiger partial charge in [0.2, 0.25) is 0 Å². The highest BCUT2D eigenvalue weighted by Crippen LogP contribution is 2.32. The van der Waals surface area contributed by atoms with Gasteiger partial charge in [-0.15, -0.1) is 11.3 Å². The van der Waals surface area contributed by atoms with E-state index in [-0.39, 0.29) is 0 Å². The molecule has 3 nitrogen and oxygen atoms in total. The van der Waals surface area contributed by atoms with E-state index < -0.39 is 0 Å². The Morgan fingerprint density at radius 3 is 3.15 bits per heavy atom. The van der Waals surface area contributed by atoms with Crippen molar-refractivity contribution in [1.29, 1.82) is 0 Å². The summed E-state index contributed by atoms with van der Waals surface area (Å²) in [6.45, 7) is 2.99. The van der Waals surface area contributed by atoms with Crippen molar-refractivity contribution in [3.8, 4) is 5.75 Å². The molecule has 2 N–H and O–H groups in total. The maximum Gasteiger partial charge on any atom is 0.115 e. The van der Waals surface area contributed by atoms with Crippen LogP contribution < -0.4 is 5.32 Å². The summed E-state index contributed by atoms with van der Waals surface area (Å²) in [5.74, 6) is 0.372. The minimum atomic E-state index is 0.372. The molecule has 1 atom stereocenters. The largest absolute Gasteiger partial charge is 0.508 e. The molecule has 4 heteroatoms. The lowest BCUT2D eigenvalue weighted by Gasteiger charge is -2.26. The summed E-state index contributed by atoms with van der Waals surface area (Å²) in [6, 6.07) is 6.13. The molecule has 0 saturated heterocycles. The molecule has 0 bridgehead atoms. The summed E-state index contributed by atoms with van der Waals surface area (Å²) in [5.41, 5.74) is 2.61. The first-order valence-electron chi connectivity index (χ1n) is 7.25. The Kier molecular flexibility index (Phi) is 4.03. The van der Waals surface area contributed by atoms with Crippen molar-refractivity contribution in [2.24, 2.45) is 0 Å². The zero-order valence-electron chi connectivity index (χ0n) is 11.7. The Balaban J connectivity index is 1.70. The number of hydrogen-bond donors (Lipinski definition) is 2. The van der Waals surface area contributed by atoms with Crippen LogP contribution in [0.4, 0.5) is 0 Å². The molecule has 0 spiro atoms. The third kappa shape index (κ3) is 2.86. The Morgan fingerprint density at radius 1 is 1.45 bits per heavy atom. The normalized spacial score (nSPS) is 17.9. The molecule has 1 aromatic heterocycles. The number of hydrogen-bond acceptors (Lipinski definition) is 4. The number of phenolic OH excluding ortho intramolecular Hbond substituents is 1. The van der Waals surface area contributed by atoms with E-state index in [1.54, 1.807) is 17.4 Å². The monoisotopic (exact) mass is 288 g/mol. The third-order valence-electron chi connectivity index (χ3n) is 3.89. The Bertz CT molecular complexity index is 594. The topological polar surface area (TPSA) is 45.2 Å².